The third-order valence-corrected chi connectivity index (χ3v) is 3.64. The van der Waals surface area contributed by atoms with Gasteiger partial charge in [-0.1, -0.05) is 92.0 Å². The van der Waals surface area contributed by atoms with E-state index >= 15 is 0 Å². The molecule has 3 rings (SSSR count). The molecule has 0 atom stereocenters. The van der Waals surface area contributed by atoms with E-state index in [1.165, 1.54) is 0 Å². The van der Waals surface area contributed by atoms with E-state index in [2.05, 4.69) is 13.2 Å². The minimum Gasteiger partial charge on any atom is -0.228 e. The van der Waals surface area contributed by atoms with Crippen LogP contribution in [-0.4, -0.2) is 9.97 Å². The number of allylic oxidation sites excluding steroid dienone is 4. The van der Waals surface area contributed by atoms with E-state index in [0.717, 1.165) is 28.1 Å². The summed E-state index contributed by atoms with van der Waals surface area (Å²) in [5, 5.41) is 0. The molecule has 0 radical (unpaired) electrons. The maximum absolute atomic E-state index is 4.72. The first-order valence-electron chi connectivity index (χ1n) is 7.77. The lowest BCUT2D eigenvalue weighted by Gasteiger charge is -2.09. The van der Waals surface area contributed by atoms with Crippen LogP contribution in [0.5, 0.6) is 0 Å². The standard InChI is InChI=1S/C22H18N2/c1-3-11-17(4-2)22-23-20(18-12-7-5-8-13-18)16-21(24-22)19-14-9-6-10-15-19/h3-16H,1-2H2/b17-11+. The predicted octanol–water partition coefficient (Wildman–Crippen LogP) is 5.57. The Balaban J connectivity index is 2.21. The van der Waals surface area contributed by atoms with Crippen molar-refractivity contribution in [2.45, 2.75) is 0 Å². The number of aromatic nitrogens is 2. The molecule has 0 bridgehead atoms. The maximum Gasteiger partial charge on any atom is 0.160 e. The van der Waals surface area contributed by atoms with E-state index in [1.807, 2.05) is 72.8 Å². The van der Waals surface area contributed by atoms with Gasteiger partial charge in [0.15, 0.2) is 5.82 Å². The van der Waals surface area contributed by atoms with Crippen LogP contribution in [0.2, 0.25) is 0 Å². The van der Waals surface area contributed by atoms with Crippen LogP contribution in [0, 0.1) is 0 Å². The minimum absolute atomic E-state index is 0.644. The summed E-state index contributed by atoms with van der Waals surface area (Å²) in [6.45, 7) is 7.62. The molecule has 0 fully saturated rings. The summed E-state index contributed by atoms with van der Waals surface area (Å²) in [7, 11) is 0. The normalized spacial score (nSPS) is 11.1. The van der Waals surface area contributed by atoms with Crippen LogP contribution < -0.4 is 0 Å². The Labute approximate surface area is 142 Å². The number of hydrogen-bond donors (Lipinski definition) is 0. The summed E-state index contributed by atoms with van der Waals surface area (Å²) >= 11 is 0. The van der Waals surface area contributed by atoms with Gasteiger partial charge in [0, 0.05) is 16.7 Å². The van der Waals surface area contributed by atoms with Crippen molar-refractivity contribution >= 4 is 5.57 Å². The topological polar surface area (TPSA) is 25.8 Å². The number of nitrogens with zero attached hydrogens (tertiary/aromatic N) is 2. The van der Waals surface area contributed by atoms with Crippen LogP contribution in [0.4, 0.5) is 0 Å². The molecule has 2 nitrogen and oxygen atoms in total. The molecule has 1 heterocycles. The summed E-state index contributed by atoms with van der Waals surface area (Å²) in [5.74, 6) is 0.644. The quantitative estimate of drug-likeness (QED) is 0.576. The van der Waals surface area contributed by atoms with E-state index in [1.54, 1.807) is 12.2 Å². The van der Waals surface area contributed by atoms with Crippen molar-refractivity contribution in [1.29, 1.82) is 0 Å². The van der Waals surface area contributed by atoms with E-state index < -0.39 is 0 Å². The van der Waals surface area contributed by atoms with E-state index in [0.29, 0.717) is 5.82 Å². The summed E-state index contributed by atoms with van der Waals surface area (Å²) in [4.78, 5) is 9.44. The second kappa shape index (κ2) is 7.34. The van der Waals surface area contributed by atoms with Gasteiger partial charge >= 0.3 is 0 Å². The van der Waals surface area contributed by atoms with Gasteiger partial charge in [0.05, 0.1) is 11.4 Å². The highest BCUT2D eigenvalue weighted by Gasteiger charge is 2.10. The van der Waals surface area contributed by atoms with Crippen molar-refractivity contribution in [2.75, 3.05) is 0 Å². The highest BCUT2D eigenvalue weighted by molar-refractivity contribution is 5.75. The van der Waals surface area contributed by atoms with Crippen LogP contribution in [0.1, 0.15) is 5.82 Å². The lowest BCUT2D eigenvalue weighted by molar-refractivity contribution is 1.13. The minimum atomic E-state index is 0.644. The number of hydrogen-bond acceptors (Lipinski definition) is 2. The van der Waals surface area contributed by atoms with Gasteiger partial charge in [-0.05, 0) is 6.07 Å². The van der Waals surface area contributed by atoms with Crippen LogP contribution in [-0.2, 0) is 0 Å². The summed E-state index contributed by atoms with van der Waals surface area (Å²) in [6.07, 6.45) is 5.34. The van der Waals surface area contributed by atoms with Gasteiger partial charge in [0.2, 0.25) is 0 Å². The average molecular weight is 310 g/mol. The zero-order valence-corrected chi connectivity index (χ0v) is 13.4. The molecule has 0 amide bonds. The van der Waals surface area contributed by atoms with Gasteiger partial charge < -0.3 is 0 Å². The Hall–Kier alpha value is -3.26. The third-order valence-electron chi connectivity index (χ3n) is 3.64. The molecule has 2 heteroatoms. The van der Waals surface area contributed by atoms with Crippen LogP contribution in [0.3, 0.4) is 0 Å². The summed E-state index contributed by atoms with van der Waals surface area (Å²) in [5.41, 5.74) is 4.73. The Bertz CT molecular complexity index is 821. The molecule has 1 aromatic heterocycles. The van der Waals surface area contributed by atoms with Gasteiger partial charge in [-0.3, -0.25) is 0 Å². The largest absolute Gasteiger partial charge is 0.228 e. The molecular weight excluding hydrogens is 292 g/mol. The van der Waals surface area contributed by atoms with Crippen molar-refractivity contribution in [1.82, 2.24) is 9.97 Å². The van der Waals surface area contributed by atoms with Gasteiger partial charge in [-0.15, -0.1) is 0 Å². The molecule has 24 heavy (non-hydrogen) atoms. The zero-order valence-electron chi connectivity index (χ0n) is 13.4. The highest BCUT2D eigenvalue weighted by atomic mass is 14.9. The SMILES string of the molecule is C=C/C=C(\C=C)c1nc(-c2ccccc2)cc(-c2ccccc2)n1. The van der Waals surface area contributed by atoms with Crippen LogP contribution >= 0.6 is 0 Å². The fourth-order valence-corrected chi connectivity index (χ4v) is 2.45. The Morgan fingerprint density at radius 3 is 1.67 bits per heavy atom. The van der Waals surface area contributed by atoms with Crippen molar-refractivity contribution in [3.05, 3.63) is 104 Å². The first-order chi connectivity index (χ1) is 11.8. The fraction of sp³-hybridized carbons (Fsp3) is 0. The van der Waals surface area contributed by atoms with E-state index in [9.17, 15) is 0 Å². The molecular formula is C22H18N2. The van der Waals surface area contributed by atoms with Crippen molar-refractivity contribution in [3.63, 3.8) is 0 Å². The predicted molar refractivity (Wildman–Crippen MR) is 101 cm³/mol. The highest BCUT2D eigenvalue weighted by Crippen LogP contribution is 2.26. The molecule has 0 aliphatic carbocycles. The number of rotatable bonds is 5. The molecule has 3 aromatic rings. The first-order valence-corrected chi connectivity index (χ1v) is 7.77. The maximum atomic E-state index is 4.72. The van der Waals surface area contributed by atoms with E-state index in [4.69, 9.17) is 9.97 Å². The Morgan fingerprint density at radius 2 is 1.25 bits per heavy atom. The van der Waals surface area contributed by atoms with Gasteiger partial charge in [0.1, 0.15) is 0 Å². The second-order valence-electron chi connectivity index (χ2n) is 5.26. The molecule has 0 N–H and O–H groups in total. The van der Waals surface area contributed by atoms with Crippen molar-refractivity contribution < 1.29 is 0 Å². The Morgan fingerprint density at radius 1 is 0.750 bits per heavy atom. The molecule has 0 unspecified atom stereocenters. The fourth-order valence-electron chi connectivity index (χ4n) is 2.45. The summed E-state index contributed by atoms with van der Waals surface area (Å²) in [6, 6.07) is 22.2. The molecule has 0 aliphatic rings. The monoisotopic (exact) mass is 310 g/mol. The lowest BCUT2D eigenvalue weighted by Crippen LogP contribution is -1.98. The van der Waals surface area contributed by atoms with Gasteiger partial charge in [-0.2, -0.15) is 0 Å². The first kappa shape index (κ1) is 15.6. The average Bonchev–Trinajstić information content (AvgIpc) is 2.67. The Kier molecular flexibility index (Phi) is 4.78. The molecule has 0 saturated heterocycles. The molecule has 0 aliphatic heterocycles. The summed E-state index contributed by atoms with van der Waals surface area (Å²) < 4.78 is 0. The van der Waals surface area contributed by atoms with E-state index in [-0.39, 0.29) is 0 Å². The second-order valence-corrected chi connectivity index (χ2v) is 5.26. The van der Waals surface area contributed by atoms with Crippen LogP contribution in [0.25, 0.3) is 28.1 Å². The molecule has 2 aromatic carbocycles. The molecule has 0 spiro atoms. The lowest BCUT2D eigenvalue weighted by atomic mass is 10.1. The smallest absolute Gasteiger partial charge is 0.160 e. The van der Waals surface area contributed by atoms with Crippen molar-refractivity contribution in [3.8, 4) is 22.5 Å². The van der Waals surface area contributed by atoms with Crippen molar-refractivity contribution in [2.24, 2.45) is 0 Å². The van der Waals surface area contributed by atoms with Crippen LogP contribution in [0.15, 0.2) is 98.1 Å². The number of benzene rings is 2. The third kappa shape index (κ3) is 3.39. The zero-order chi connectivity index (χ0) is 16.8. The van der Waals surface area contributed by atoms with Gasteiger partial charge in [0.25, 0.3) is 0 Å². The molecule has 0 saturated carbocycles. The van der Waals surface area contributed by atoms with Gasteiger partial charge in [-0.25, -0.2) is 9.97 Å². The molecule has 116 valence electrons.